The zero-order valence-corrected chi connectivity index (χ0v) is 12.6. The van der Waals surface area contributed by atoms with E-state index in [9.17, 15) is 5.11 Å². The minimum absolute atomic E-state index is 0.523. The molecule has 1 atom stereocenters. The van der Waals surface area contributed by atoms with Crippen LogP contribution in [0.4, 0.5) is 0 Å². The molecule has 0 heterocycles. The lowest BCUT2D eigenvalue weighted by molar-refractivity contribution is 0.173. The van der Waals surface area contributed by atoms with E-state index in [1.165, 1.54) is 0 Å². The van der Waals surface area contributed by atoms with Gasteiger partial charge in [-0.05, 0) is 58.1 Å². The van der Waals surface area contributed by atoms with Gasteiger partial charge >= 0.3 is 0 Å². The maximum Gasteiger partial charge on any atom is 0.0991 e. The Hall–Kier alpha value is -1.41. The van der Waals surface area contributed by atoms with Crippen molar-refractivity contribution < 1.29 is 5.11 Å². The number of nitrogens with one attached hydrogen (secondary N) is 1. The van der Waals surface area contributed by atoms with Crippen molar-refractivity contribution >= 4 is 0 Å². The van der Waals surface area contributed by atoms with Gasteiger partial charge in [0.1, 0.15) is 0 Å². The topological polar surface area (TPSA) is 59.3 Å². The van der Waals surface area contributed by atoms with Crippen LogP contribution in [-0.4, -0.2) is 42.7 Å². The van der Waals surface area contributed by atoms with Crippen LogP contribution in [0.15, 0.2) is 24.3 Å². The van der Waals surface area contributed by atoms with Crippen LogP contribution >= 0.6 is 0 Å². The quantitative estimate of drug-likeness (QED) is 0.712. The largest absolute Gasteiger partial charge is 0.387 e. The average Bonchev–Trinajstić information content (AvgIpc) is 2.46. The molecule has 1 aromatic rings. The molecule has 0 aliphatic rings. The van der Waals surface area contributed by atoms with Gasteiger partial charge in [-0.3, -0.25) is 0 Å². The van der Waals surface area contributed by atoms with Gasteiger partial charge in [0.15, 0.2) is 0 Å². The molecule has 1 aromatic carbocycles. The first kappa shape index (κ1) is 16.6. The Balaban J connectivity index is 2.23. The first-order chi connectivity index (χ1) is 9.54. The summed E-state index contributed by atoms with van der Waals surface area (Å²) in [7, 11) is 2.12. The van der Waals surface area contributed by atoms with Crippen molar-refractivity contribution in [3.63, 3.8) is 0 Å². The fourth-order valence-corrected chi connectivity index (χ4v) is 1.85. The lowest BCUT2D eigenvalue weighted by atomic mass is 10.1. The lowest BCUT2D eigenvalue weighted by Gasteiger charge is -2.21. The van der Waals surface area contributed by atoms with Crippen molar-refractivity contribution in [3.8, 4) is 6.07 Å². The molecule has 110 valence electrons. The molecule has 0 radical (unpaired) electrons. The van der Waals surface area contributed by atoms with E-state index >= 15 is 0 Å². The Morgan fingerprint density at radius 2 is 1.95 bits per heavy atom. The van der Waals surface area contributed by atoms with Crippen molar-refractivity contribution in [2.75, 3.05) is 26.7 Å². The Morgan fingerprint density at radius 3 is 2.50 bits per heavy atom. The fourth-order valence-electron chi connectivity index (χ4n) is 1.85. The SMILES string of the molecule is CC(C)N(C)CCCNCC(O)c1ccc(C#N)cc1. The van der Waals surface area contributed by atoms with E-state index in [1.54, 1.807) is 24.3 Å². The highest BCUT2D eigenvalue weighted by Gasteiger charge is 2.07. The highest BCUT2D eigenvalue weighted by molar-refractivity contribution is 5.32. The number of hydrogen-bond acceptors (Lipinski definition) is 4. The molecule has 0 aliphatic carbocycles. The number of benzene rings is 1. The van der Waals surface area contributed by atoms with Gasteiger partial charge in [-0.1, -0.05) is 12.1 Å². The van der Waals surface area contributed by atoms with Gasteiger partial charge < -0.3 is 15.3 Å². The molecule has 4 nitrogen and oxygen atoms in total. The maximum absolute atomic E-state index is 10.0. The Labute approximate surface area is 122 Å². The molecule has 0 fully saturated rings. The third kappa shape index (κ3) is 5.70. The van der Waals surface area contributed by atoms with Gasteiger partial charge in [-0.15, -0.1) is 0 Å². The third-order valence-electron chi connectivity index (χ3n) is 3.51. The first-order valence-corrected chi connectivity index (χ1v) is 7.13. The van der Waals surface area contributed by atoms with Crippen LogP contribution in [0.2, 0.25) is 0 Å². The number of rotatable bonds is 8. The van der Waals surface area contributed by atoms with Crippen LogP contribution in [0.1, 0.15) is 37.5 Å². The van der Waals surface area contributed by atoms with Crippen molar-refractivity contribution in [2.24, 2.45) is 0 Å². The summed E-state index contributed by atoms with van der Waals surface area (Å²) in [4.78, 5) is 2.30. The predicted molar refractivity (Wildman–Crippen MR) is 81.4 cm³/mol. The molecule has 0 spiro atoms. The molecule has 2 N–H and O–H groups in total. The van der Waals surface area contributed by atoms with Gasteiger partial charge in [0.05, 0.1) is 17.7 Å². The minimum atomic E-state index is -0.523. The summed E-state index contributed by atoms with van der Waals surface area (Å²) >= 11 is 0. The fraction of sp³-hybridized carbons (Fsp3) is 0.562. The first-order valence-electron chi connectivity index (χ1n) is 7.13. The molecule has 20 heavy (non-hydrogen) atoms. The second kappa shape index (κ2) is 8.70. The zero-order chi connectivity index (χ0) is 15.0. The summed E-state index contributed by atoms with van der Waals surface area (Å²) in [6.07, 6.45) is 0.542. The number of nitrogens with zero attached hydrogens (tertiary/aromatic N) is 2. The van der Waals surface area contributed by atoms with Crippen LogP contribution in [0.25, 0.3) is 0 Å². The Morgan fingerprint density at radius 1 is 1.30 bits per heavy atom. The summed E-state index contributed by atoms with van der Waals surface area (Å²) in [5.41, 5.74) is 1.46. The van der Waals surface area contributed by atoms with E-state index in [-0.39, 0.29) is 0 Å². The second-order valence-corrected chi connectivity index (χ2v) is 5.38. The van der Waals surface area contributed by atoms with Gasteiger partial charge in [0.25, 0.3) is 0 Å². The van der Waals surface area contributed by atoms with Gasteiger partial charge in [0.2, 0.25) is 0 Å². The standard InChI is InChI=1S/C16H25N3O/c1-13(2)19(3)10-4-9-18-12-16(20)15-7-5-14(11-17)6-8-15/h5-8,13,16,18,20H,4,9-10,12H2,1-3H3. The lowest BCUT2D eigenvalue weighted by Crippen LogP contribution is -2.30. The summed E-state index contributed by atoms with van der Waals surface area (Å²) < 4.78 is 0. The number of hydrogen-bond donors (Lipinski definition) is 2. The van der Waals surface area contributed by atoms with Crippen LogP contribution in [0.3, 0.4) is 0 Å². The number of nitriles is 1. The highest BCUT2D eigenvalue weighted by Crippen LogP contribution is 2.12. The monoisotopic (exact) mass is 275 g/mol. The van der Waals surface area contributed by atoms with Gasteiger partial charge in [0, 0.05) is 12.6 Å². The van der Waals surface area contributed by atoms with E-state index in [0.29, 0.717) is 18.2 Å². The minimum Gasteiger partial charge on any atom is -0.387 e. The molecule has 0 saturated heterocycles. The third-order valence-corrected chi connectivity index (χ3v) is 3.51. The molecular formula is C16H25N3O. The second-order valence-electron chi connectivity index (χ2n) is 5.38. The van der Waals surface area contributed by atoms with Gasteiger partial charge in [-0.25, -0.2) is 0 Å². The smallest absolute Gasteiger partial charge is 0.0991 e. The molecular weight excluding hydrogens is 250 g/mol. The molecule has 0 saturated carbocycles. The maximum atomic E-state index is 10.0. The average molecular weight is 275 g/mol. The normalized spacial score (nSPS) is 12.7. The van der Waals surface area contributed by atoms with E-state index < -0.39 is 6.10 Å². The van der Waals surface area contributed by atoms with Crippen molar-refractivity contribution in [3.05, 3.63) is 35.4 Å². The van der Waals surface area contributed by atoms with Gasteiger partial charge in [-0.2, -0.15) is 5.26 Å². The Kier molecular flexibility index (Phi) is 7.24. The van der Waals surface area contributed by atoms with Crippen LogP contribution in [-0.2, 0) is 0 Å². The van der Waals surface area contributed by atoms with Crippen LogP contribution in [0, 0.1) is 11.3 Å². The molecule has 4 heteroatoms. The summed E-state index contributed by atoms with van der Waals surface area (Å²) in [6, 6.07) is 9.71. The molecule has 0 aliphatic heterocycles. The summed E-state index contributed by atoms with van der Waals surface area (Å²) in [5, 5.41) is 22.0. The summed E-state index contributed by atoms with van der Waals surface area (Å²) in [6.45, 7) is 6.85. The molecule has 0 amide bonds. The highest BCUT2D eigenvalue weighted by atomic mass is 16.3. The van der Waals surface area contributed by atoms with Crippen molar-refractivity contribution in [1.29, 1.82) is 5.26 Å². The van der Waals surface area contributed by atoms with E-state index in [2.05, 4.69) is 37.2 Å². The van der Waals surface area contributed by atoms with Crippen LogP contribution in [0.5, 0.6) is 0 Å². The number of aliphatic hydroxyl groups excluding tert-OH is 1. The van der Waals surface area contributed by atoms with Crippen molar-refractivity contribution in [2.45, 2.75) is 32.4 Å². The summed E-state index contributed by atoms with van der Waals surface area (Å²) in [5.74, 6) is 0. The van der Waals surface area contributed by atoms with E-state index in [1.807, 2.05) is 0 Å². The zero-order valence-electron chi connectivity index (χ0n) is 12.6. The molecule has 0 aromatic heterocycles. The van der Waals surface area contributed by atoms with E-state index in [0.717, 1.165) is 25.1 Å². The molecule has 1 rings (SSSR count). The Bertz CT molecular complexity index is 422. The molecule has 1 unspecified atom stereocenters. The van der Waals surface area contributed by atoms with Crippen LogP contribution < -0.4 is 5.32 Å². The predicted octanol–water partition coefficient (Wildman–Crippen LogP) is 1.91. The van der Waals surface area contributed by atoms with Crippen molar-refractivity contribution in [1.82, 2.24) is 10.2 Å². The van der Waals surface area contributed by atoms with E-state index in [4.69, 9.17) is 5.26 Å². The molecule has 0 bridgehead atoms. The number of aliphatic hydroxyl groups is 1.